The van der Waals surface area contributed by atoms with Crippen LogP contribution in [0.3, 0.4) is 0 Å². The van der Waals surface area contributed by atoms with E-state index in [2.05, 4.69) is 10.3 Å². The summed E-state index contributed by atoms with van der Waals surface area (Å²) in [4.78, 5) is 3.92. The number of nitrogens with one attached hydrogen (secondary N) is 1. The molecule has 0 amide bonds. The number of rotatable bonds is 6. The minimum absolute atomic E-state index is 0.364. The van der Waals surface area contributed by atoms with E-state index < -0.39 is 6.10 Å². The summed E-state index contributed by atoms with van der Waals surface area (Å²) >= 11 is 0. The van der Waals surface area contributed by atoms with E-state index in [1.165, 1.54) is 0 Å². The van der Waals surface area contributed by atoms with Crippen LogP contribution < -0.4 is 5.32 Å². The zero-order valence-corrected chi connectivity index (χ0v) is 8.31. The fraction of sp³-hybridized carbons (Fsp3) is 0.500. The van der Waals surface area contributed by atoms with E-state index in [0.717, 1.165) is 12.1 Å². The zero-order chi connectivity index (χ0) is 10.2. The molecule has 1 unspecified atom stereocenters. The van der Waals surface area contributed by atoms with Crippen LogP contribution >= 0.6 is 0 Å². The molecule has 1 rings (SSSR count). The molecule has 4 nitrogen and oxygen atoms in total. The second-order valence-corrected chi connectivity index (χ2v) is 3.10. The molecule has 1 atom stereocenters. The number of methoxy groups -OCH3 is 1. The van der Waals surface area contributed by atoms with Crippen molar-refractivity contribution in [1.82, 2.24) is 10.3 Å². The van der Waals surface area contributed by atoms with Crippen molar-refractivity contribution in [2.45, 2.75) is 12.6 Å². The summed E-state index contributed by atoms with van der Waals surface area (Å²) in [5, 5.41) is 12.5. The van der Waals surface area contributed by atoms with E-state index >= 15 is 0 Å². The first-order valence-corrected chi connectivity index (χ1v) is 4.59. The van der Waals surface area contributed by atoms with Gasteiger partial charge in [-0.25, -0.2) is 0 Å². The maximum absolute atomic E-state index is 9.33. The molecule has 0 aliphatic heterocycles. The topological polar surface area (TPSA) is 54.4 Å². The molecule has 0 saturated heterocycles. The van der Waals surface area contributed by atoms with Gasteiger partial charge in [0.2, 0.25) is 0 Å². The highest BCUT2D eigenvalue weighted by Crippen LogP contribution is 1.94. The Bertz CT molecular complexity index is 241. The molecule has 0 spiro atoms. The molecule has 1 aromatic rings. The van der Waals surface area contributed by atoms with E-state index in [1.807, 2.05) is 12.1 Å². The number of aliphatic hydroxyl groups is 1. The quantitative estimate of drug-likeness (QED) is 0.681. The maximum Gasteiger partial charge on any atom is 0.0897 e. The summed E-state index contributed by atoms with van der Waals surface area (Å²) in [6.07, 6.45) is 3.06. The molecule has 14 heavy (non-hydrogen) atoms. The molecule has 0 aliphatic rings. The van der Waals surface area contributed by atoms with Gasteiger partial charge in [0.05, 0.1) is 12.7 Å². The number of aromatic nitrogens is 1. The van der Waals surface area contributed by atoms with Crippen LogP contribution in [0.4, 0.5) is 0 Å². The fourth-order valence-corrected chi connectivity index (χ4v) is 1.14. The van der Waals surface area contributed by atoms with Crippen LogP contribution in [-0.4, -0.2) is 36.5 Å². The first kappa shape index (κ1) is 11.1. The Kier molecular flexibility index (Phi) is 5.14. The lowest BCUT2D eigenvalue weighted by Crippen LogP contribution is -2.29. The third-order valence-corrected chi connectivity index (χ3v) is 1.82. The van der Waals surface area contributed by atoms with Crippen molar-refractivity contribution in [3.63, 3.8) is 0 Å². The van der Waals surface area contributed by atoms with Crippen molar-refractivity contribution < 1.29 is 9.84 Å². The van der Waals surface area contributed by atoms with Crippen molar-refractivity contribution in [1.29, 1.82) is 0 Å². The van der Waals surface area contributed by atoms with Gasteiger partial charge < -0.3 is 15.2 Å². The molecule has 1 heterocycles. The summed E-state index contributed by atoms with van der Waals surface area (Å²) in [7, 11) is 1.58. The Morgan fingerprint density at radius 3 is 2.86 bits per heavy atom. The normalized spacial score (nSPS) is 12.7. The molecule has 0 bridgehead atoms. The first-order chi connectivity index (χ1) is 6.83. The van der Waals surface area contributed by atoms with Gasteiger partial charge in [-0.05, 0) is 17.7 Å². The van der Waals surface area contributed by atoms with Crippen LogP contribution in [0, 0.1) is 0 Å². The molecule has 0 saturated carbocycles. The summed E-state index contributed by atoms with van der Waals surface area (Å²) in [5.74, 6) is 0. The van der Waals surface area contributed by atoms with E-state index in [1.54, 1.807) is 19.5 Å². The Labute approximate surface area is 83.9 Å². The minimum Gasteiger partial charge on any atom is -0.389 e. The minimum atomic E-state index is -0.443. The van der Waals surface area contributed by atoms with Crippen LogP contribution in [-0.2, 0) is 11.3 Å². The molecule has 2 N–H and O–H groups in total. The molecule has 0 fully saturated rings. The third kappa shape index (κ3) is 4.32. The zero-order valence-electron chi connectivity index (χ0n) is 8.31. The molecule has 0 radical (unpaired) electrons. The van der Waals surface area contributed by atoms with Gasteiger partial charge in [0.15, 0.2) is 0 Å². The summed E-state index contributed by atoms with van der Waals surface area (Å²) in [6.45, 7) is 1.64. The number of pyridine rings is 1. The van der Waals surface area contributed by atoms with E-state index in [0.29, 0.717) is 13.2 Å². The number of nitrogens with zero attached hydrogens (tertiary/aromatic N) is 1. The molecule has 0 aliphatic carbocycles. The standard InChI is InChI=1S/C10H16N2O2/c1-14-8-10(13)7-12-6-9-2-4-11-5-3-9/h2-5,10,12-13H,6-8H2,1H3. The average molecular weight is 196 g/mol. The Morgan fingerprint density at radius 1 is 1.50 bits per heavy atom. The molecule has 78 valence electrons. The van der Waals surface area contributed by atoms with Crippen molar-refractivity contribution in [3.05, 3.63) is 30.1 Å². The van der Waals surface area contributed by atoms with Gasteiger partial charge in [0, 0.05) is 32.6 Å². The summed E-state index contributed by atoms with van der Waals surface area (Å²) in [5.41, 5.74) is 1.16. The van der Waals surface area contributed by atoms with E-state index in [-0.39, 0.29) is 0 Å². The maximum atomic E-state index is 9.33. The van der Waals surface area contributed by atoms with Crippen molar-refractivity contribution in [3.8, 4) is 0 Å². The van der Waals surface area contributed by atoms with Gasteiger partial charge in [-0.3, -0.25) is 4.98 Å². The second kappa shape index (κ2) is 6.48. The number of ether oxygens (including phenoxy) is 1. The number of aliphatic hydroxyl groups excluding tert-OH is 1. The van der Waals surface area contributed by atoms with Crippen LogP contribution in [0.1, 0.15) is 5.56 Å². The predicted molar refractivity (Wildman–Crippen MR) is 53.8 cm³/mol. The Morgan fingerprint density at radius 2 is 2.21 bits per heavy atom. The summed E-state index contributed by atoms with van der Waals surface area (Å²) < 4.78 is 4.81. The van der Waals surface area contributed by atoms with Crippen molar-refractivity contribution >= 4 is 0 Å². The van der Waals surface area contributed by atoms with Gasteiger partial charge in [0.1, 0.15) is 0 Å². The third-order valence-electron chi connectivity index (χ3n) is 1.82. The van der Waals surface area contributed by atoms with Crippen LogP contribution in [0.15, 0.2) is 24.5 Å². The lowest BCUT2D eigenvalue weighted by atomic mass is 10.2. The monoisotopic (exact) mass is 196 g/mol. The van der Waals surface area contributed by atoms with Gasteiger partial charge in [-0.1, -0.05) is 0 Å². The van der Waals surface area contributed by atoms with E-state index in [9.17, 15) is 5.11 Å². The number of hydrogen-bond donors (Lipinski definition) is 2. The van der Waals surface area contributed by atoms with Gasteiger partial charge in [-0.15, -0.1) is 0 Å². The number of hydrogen-bond acceptors (Lipinski definition) is 4. The highest BCUT2D eigenvalue weighted by Gasteiger charge is 2.01. The molecular formula is C10H16N2O2. The first-order valence-electron chi connectivity index (χ1n) is 4.59. The van der Waals surface area contributed by atoms with Gasteiger partial charge >= 0.3 is 0 Å². The SMILES string of the molecule is COCC(O)CNCc1ccncc1. The fourth-order valence-electron chi connectivity index (χ4n) is 1.14. The van der Waals surface area contributed by atoms with Gasteiger partial charge in [0.25, 0.3) is 0 Å². The molecule has 1 aromatic heterocycles. The lowest BCUT2D eigenvalue weighted by molar-refractivity contribution is 0.0644. The van der Waals surface area contributed by atoms with Crippen molar-refractivity contribution in [2.75, 3.05) is 20.3 Å². The van der Waals surface area contributed by atoms with Crippen LogP contribution in [0.5, 0.6) is 0 Å². The predicted octanol–water partition coefficient (Wildman–Crippen LogP) is 0.178. The van der Waals surface area contributed by atoms with Gasteiger partial charge in [-0.2, -0.15) is 0 Å². The largest absolute Gasteiger partial charge is 0.389 e. The van der Waals surface area contributed by atoms with E-state index in [4.69, 9.17) is 4.74 Å². The van der Waals surface area contributed by atoms with Crippen LogP contribution in [0.25, 0.3) is 0 Å². The highest BCUT2D eigenvalue weighted by atomic mass is 16.5. The van der Waals surface area contributed by atoms with Crippen molar-refractivity contribution in [2.24, 2.45) is 0 Å². The molecule has 4 heteroatoms. The highest BCUT2D eigenvalue weighted by molar-refractivity contribution is 5.08. The molecule has 0 aromatic carbocycles. The summed E-state index contributed by atoms with van der Waals surface area (Å²) in [6, 6.07) is 3.88. The Hall–Kier alpha value is -0.970. The molecular weight excluding hydrogens is 180 g/mol. The Balaban J connectivity index is 2.16. The smallest absolute Gasteiger partial charge is 0.0897 e. The lowest BCUT2D eigenvalue weighted by Gasteiger charge is -2.10. The average Bonchev–Trinajstić information content (AvgIpc) is 2.20. The van der Waals surface area contributed by atoms with Crippen LogP contribution in [0.2, 0.25) is 0 Å². The second-order valence-electron chi connectivity index (χ2n) is 3.10.